The standard InChI is InChI=1S/C8H11N3O4/c1-5(2)15-7(12)4-11-6(8(13)14)3-9-10-11/h3,5H,4H2,1-2H3,(H,13,14). The minimum Gasteiger partial charge on any atom is -0.476 e. The molecule has 15 heavy (non-hydrogen) atoms. The second kappa shape index (κ2) is 4.54. The highest BCUT2D eigenvalue weighted by Gasteiger charge is 2.15. The van der Waals surface area contributed by atoms with Crippen molar-refractivity contribution in [3.8, 4) is 0 Å². The molecular weight excluding hydrogens is 202 g/mol. The molecule has 1 aromatic rings. The van der Waals surface area contributed by atoms with E-state index >= 15 is 0 Å². The Morgan fingerprint density at radius 2 is 2.27 bits per heavy atom. The second-order valence-corrected chi connectivity index (χ2v) is 3.12. The largest absolute Gasteiger partial charge is 0.476 e. The number of rotatable bonds is 4. The van der Waals surface area contributed by atoms with E-state index < -0.39 is 11.9 Å². The van der Waals surface area contributed by atoms with Crippen molar-refractivity contribution in [1.82, 2.24) is 15.0 Å². The molecule has 7 nitrogen and oxygen atoms in total. The van der Waals surface area contributed by atoms with Crippen molar-refractivity contribution in [2.75, 3.05) is 0 Å². The van der Waals surface area contributed by atoms with E-state index in [1.807, 2.05) is 0 Å². The molecule has 0 saturated heterocycles. The molecular formula is C8H11N3O4. The molecule has 0 atom stereocenters. The Labute approximate surface area is 85.6 Å². The number of carboxylic acids is 1. The lowest BCUT2D eigenvalue weighted by molar-refractivity contribution is -0.148. The second-order valence-electron chi connectivity index (χ2n) is 3.12. The number of aromatic nitrogens is 3. The van der Waals surface area contributed by atoms with Crippen LogP contribution in [0.4, 0.5) is 0 Å². The Morgan fingerprint density at radius 1 is 1.60 bits per heavy atom. The minimum atomic E-state index is -1.18. The average Bonchev–Trinajstić information content (AvgIpc) is 2.50. The van der Waals surface area contributed by atoms with Gasteiger partial charge in [0.05, 0.1) is 12.3 Å². The maximum Gasteiger partial charge on any atom is 0.355 e. The number of carboxylic acid groups (broad SMARTS) is 1. The van der Waals surface area contributed by atoms with E-state index in [1.54, 1.807) is 13.8 Å². The first-order valence-corrected chi connectivity index (χ1v) is 4.32. The fraction of sp³-hybridized carbons (Fsp3) is 0.500. The van der Waals surface area contributed by atoms with Crippen molar-refractivity contribution in [2.45, 2.75) is 26.5 Å². The third kappa shape index (κ3) is 3.04. The monoisotopic (exact) mass is 213 g/mol. The maximum atomic E-state index is 11.2. The van der Waals surface area contributed by atoms with Crippen LogP contribution in [0.3, 0.4) is 0 Å². The molecule has 0 amide bonds. The van der Waals surface area contributed by atoms with E-state index in [0.29, 0.717) is 0 Å². The van der Waals surface area contributed by atoms with Gasteiger partial charge in [-0.15, -0.1) is 5.10 Å². The fourth-order valence-electron chi connectivity index (χ4n) is 0.963. The van der Waals surface area contributed by atoms with Gasteiger partial charge in [0.25, 0.3) is 0 Å². The van der Waals surface area contributed by atoms with Crippen molar-refractivity contribution in [3.63, 3.8) is 0 Å². The maximum absolute atomic E-state index is 11.2. The first-order valence-electron chi connectivity index (χ1n) is 4.32. The van der Waals surface area contributed by atoms with Gasteiger partial charge in [-0.25, -0.2) is 9.48 Å². The molecule has 0 unspecified atom stereocenters. The van der Waals surface area contributed by atoms with Crippen LogP contribution >= 0.6 is 0 Å². The summed E-state index contributed by atoms with van der Waals surface area (Å²) in [4.78, 5) is 21.8. The van der Waals surface area contributed by atoms with Gasteiger partial charge in [-0.2, -0.15) is 0 Å². The molecule has 0 aliphatic carbocycles. The summed E-state index contributed by atoms with van der Waals surface area (Å²) in [6.07, 6.45) is 0.833. The summed E-state index contributed by atoms with van der Waals surface area (Å²) >= 11 is 0. The molecule has 0 aromatic carbocycles. The van der Waals surface area contributed by atoms with Gasteiger partial charge >= 0.3 is 11.9 Å². The number of esters is 1. The van der Waals surface area contributed by atoms with Gasteiger partial charge in [0, 0.05) is 0 Å². The lowest BCUT2D eigenvalue weighted by atomic mass is 10.4. The molecule has 0 saturated carbocycles. The molecule has 0 radical (unpaired) electrons. The zero-order chi connectivity index (χ0) is 11.4. The number of ether oxygens (including phenoxy) is 1. The van der Waals surface area contributed by atoms with Gasteiger partial charge in [0.15, 0.2) is 5.69 Å². The zero-order valence-electron chi connectivity index (χ0n) is 8.38. The van der Waals surface area contributed by atoms with Crippen molar-refractivity contribution >= 4 is 11.9 Å². The number of aromatic carboxylic acids is 1. The highest BCUT2D eigenvalue weighted by molar-refractivity contribution is 5.85. The third-order valence-electron chi connectivity index (χ3n) is 1.48. The summed E-state index contributed by atoms with van der Waals surface area (Å²) in [6, 6.07) is 0. The van der Waals surface area contributed by atoms with Crippen molar-refractivity contribution in [1.29, 1.82) is 0 Å². The molecule has 0 aliphatic rings. The molecule has 1 N–H and O–H groups in total. The Hall–Kier alpha value is -1.92. The normalized spacial score (nSPS) is 10.3. The van der Waals surface area contributed by atoms with Gasteiger partial charge in [0.2, 0.25) is 0 Å². The van der Waals surface area contributed by atoms with Crippen LogP contribution in [0, 0.1) is 0 Å². The van der Waals surface area contributed by atoms with Crippen LogP contribution in [0.1, 0.15) is 24.3 Å². The van der Waals surface area contributed by atoms with E-state index in [2.05, 4.69) is 10.3 Å². The van der Waals surface area contributed by atoms with Gasteiger partial charge in [-0.1, -0.05) is 5.21 Å². The molecule has 0 spiro atoms. The molecule has 1 aromatic heterocycles. The molecule has 1 heterocycles. The Morgan fingerprint density at radius 3 is 2.80 bits per heavy atom. The Kier molecular flexibility index (Phi) is 3.37. The number of carbonyl (C=O) groups excluding carboxylic acids is 1. The van der Waals surface area contributed by atoms with Crippen LogP contribution < -0.4 is 0 Å². The smallest absolute Gasteiger partial charge is 0.355 e. The van der Waals surface area contributed by atoms with Crippen LogP contribution in [0.15, 0.2) is 6.20 Å². The highest BCUT2D eigenvalue weighted by atomic mass is 16.5. The first kappa shape index (κ1) is 11.2. The van der Waals surface area contributed by atoms with Crippen molar-refractivity contribution in [2.24, 2.45) is 0 Å². The number of carbonyl (C=O) groups is 2. The lowest BCUT2D eigenvalue weighted by Gasteiger charge is -2.07. The van der Waals surface area contributed by atoms with Gasteiger partial charge in [0.1, 0.15) is 6.54 Å². The predicted octanol–water partition coefficient (Wildman–Crippen LogP) is -0.0721. The Balaban J connectivity index is 2.68. The van der Waals surface area contributed by atoms with E-state index in [-0.39, 0.29) is 18.3 Å². The molecule has 7 heteroatoms. The molecule has 0 aliphatic heterocycles. The van der Waals surface area contributed by atoms with Gasteiger partial charge in [-0.05, 0) is 13.8 Å². The SMILES string of the molecule is CC(C)OC(=O)Cn1nncc1C(=O)O. The van der Waals surface area contributed by atoms with Crippen LogP contribution in [0.5, 0.6) is 0 Å². The van der Waals surface area contributed by atoms with E-state index in [4.69, 9.17) is 9.84 Å². The molecule has 0 bridgehead atoms. The van der Waals surface area contributed by atoms with E-state index in [1.165, 1.54) is 0 Å². The fourth-order valence-corrected chi connectivity index (χ4v) is 0.963. The molecule has 0 fully saturated rings. The van der Waals surface area contributed by atoms with E-state index in [9.17, 15) is 9.59 Å². The highest BCUT2D eigenvalue weighted by Crippen LogP contribution is 1.98. The van der Waals surface area contributed by atoms with Crippen LogP contribution in [-0.4, -0.2) is 38.1 Å². The average molecular weight is 213 g/mol. The first-order chi connectivity index (χ1) is 7.00. The summed E-state index contributed by atoms with van der Waals surface area (Å²) in [7, 11) is 0. The van der Waals surface area contributed by atoms with Gasteiger partial charge < -0.3 is 9.84 Å². The van der Waals surface area contributed by atoms with E-state index in [0.717, 1.165) is 10.9 Å². The predicted molar refractivity (Wildman–Crippen MR) is 48.2 cm³/mol. The summed E-state index contributed by atoms with van der Waals surface area (Å²) in [5.74, 6) is -1.73. The summed E-state index contributed by atoms with van der Waals surface area (Å²) in [6.45, 7) is 3.16. The summed E-state index contributed by atoms with van der Waals surface area (Å²) in [5, 5.41) is 15.6. The van der Waals surface area contributed by atoms with Crippen LogP contribution in [0.2, 0.25) is 0 Å². The molecule has 1 rings (SSSR count). The third-order valence-corrected chi connectivity index (χ3v) is 1.48. The number of hydrogen-bond donors (Lipinski definition) is 1. The number of nitrogens with zero attached hydrogens (tertiary/aromatic N) is 3. The minimum absolute atomic E-state index is 0.143. The van der Waals surface area contributed by atoms with Crippen LogP contribution in [-0.2, 0) is 16.1 Å². The van der Waals surface area contributed by atoms with Crippen molar-refractivity contribution < 1.29 is 19.4 Å². The lowest BCUT2D eigenvalue weighted by Crippen LogP contribution is -2.21. The van der Waals surface area contributed by atoms with Crippen molar-refractivity contribution in [3.05, 3.63) is 11.9 Å². The summed E-state index contributed by atoms with van der Waals surface area (Å²) < 4.78 is 5.82. The van der Waals surface area contributed by atoms with Crippen LogP contribution in [0.25, 0.3) is 0 Å². The van der Waals surface area contributed by atoms with Gasteiger partial charge in [-0.3, -0.25) is 4.79 Å². The Bertz CT molecular complexity index is 372. The number of hydrogen-bond acceptors (Lipinski definition) is 5. The quantitative estimate of drug-likeness (QED) is 0.703. The topological polar surface area (TPSA) is 94.3 Å². The molecule has 82 valence electrons. The zero-order valence-corrected chi connectivity index (χ0v) is 8.38. The summed E-state index contributed by atoms with van der Waals surface area (Å²) in [5.41, 5.74) is -0.143.